The van der Waals surface area contributed by atoms with Crippen molar-refractivity contribution in [1.82, 2.24) is 28.4 Å². The molecule has 0 saturated carbocycles. The van der Waals surface area contributed by atoms with E-state index in [4.69, 9.17) is 9.47 Å². The zero-order valence-corrected chi connectivity index (χ0v) is 43.5. The highest BCUT2D eigenvalue weighted by Gasteiger charge is 2.32. The van der Waals surface area contributed by atoms with Crippen LogP contribution in [0.1, 0.15) is 122 Å². The fourth-order valence-electron chi connectivity index (χ4n) is 11.6. The van der Waals surface area contributed by atoms with E-state index in [2.05, 4.69) is 52.7 Å². The number of amides is 3. The average molecular weight is 979 g/mol. The van der Waals surface area contributed by atoms with E-state index in [1.807, 2.05) is 87.9 Å². The smallest absolute Gasteiger partial charge is 0.254 e. The minimum atomic E-state index is -0.0269. The molecule has 0 bridgehead atoms. The van der Waals surface area contributed by atoms with Crippen molar-refractivity contribution in [3.05, 3.63) is 129 Å². The Hall–Kier alpha value is -7.93. The van der Waals surface area contributed by atoms with Gasteiger partial charge in [0.1, 0.15) is 11.5 Å². The van der Waals surface area contributed by atoms with Crippen LogP contribution in [0.15, 0.2) is 84.9 Å². The van der Waals surface area contributed by atoms with E-state index in [9.17, 15) is 24.0 Å². The molecule has 13 nitrogen and oxygen atoms in total. The van der Waals surface area contributed by atoms with Crippen LogP contribution < -0.4 is 9.47 Å². The molecule has 9 aromatic rings. The van der Waals surface area contributed by atoms with Gasteiger partial charge in [-0.1, -0.05) is 20.8 Å². The van der Waals surface area contributed by atoms with Crippen molar-refractivity contribution in [2.75, 3.05) is 35.4 Å². The lowest BCUT2D eigenvalue weighted by Gasteiger charge is -2.09. The molecule has 0 radical (unpaired) electrons. The second-order valence-electron chi connectivity index (χ2n) is 19.7. The van der Waals surface area contributed by atoms with E-state index < -0.39 is 0 Å². The molecule has 3 amide bonds. The zero-order valence-electron chi connectivity index (χ0n) is 43.5. The van der Waals surface area contributed by atoms with Crippen LogP contribution in [0.25, 0.3) is 65.4 Å². The minimum absolute atomic E-state index is 0.0269. The molecule has 0 atom stereocenters. The monoisotopic (exact) mass is 978 g/mol. The van der Waals surface area contributed by atoms with Crippen LogP contribution in [0, 0.1) is 0 Å². The van der Waals surface area contributed by atoms with Gasteiger partial charge in [-0.2, -0.15) is 0 Å². The normalized spacial score (nSPS) is 13.9. The van der Waals surface area contributed by atoms with Gasteiger partial charge >= 0.3 is 0 Å². The van der Waals surface area contributed by atoms with Gasteiger partial charge in [-0.05, 0) is 123 Å². The number of rotatable bonds is 10. The Labute approximate surface area is 424 Å². The van der Waals surface area contributed by atoms with E-state index in [1.165, 1.54) is 21.8 Å². The summed E-state index contributed by atoms with van der Waals surface area (Å²) in [7, 11) is 8.80. The largest absolute Gasteiger partial charge is 0.497 e. The van der Waals surface area contributed by atoms with Crippen molar-refractivity contribution in [1.29, 1.82) is 0 Å². The lowest BCUT2D eigenvalue weighted by Crippen LogP contribution is -2.17. The fraction of sp³-hybridized carbons (Fsp3) is 0.317. The molecule has 3 aliphatic rings. The molecule has 0 unspecified atom stereocenters. The molecule has 6 heterocycles. The van der Waals surface area contributed by atoms with E-state index in [0.29, 0.717) is 36.5 Å². The molecule has 374 valence electrons. The second-order valence-corrected chi connectivity index (χ2v) is 19.7. The van der Waals surface area contributed by atoms with E-state index in [0.717, 1.165) is 122 Å². The number of nitrogens with zero attached hydrogens (tertiary/aromatic N) is 6. The topological polar surface area (TPSA) is 128 Å². The Morgan fingerprint density at radius 3 is 1.32 bits per heavy atom. The number of ketones is 2. The number of fused-ring (bicyclic) bond motifs is 15. The number of carbonyl (C=O) groups excluding carboxylic acids is 5. The third-order valence-corrected chi connectivity index (χ3v) is 15.0. The number of Topliss-reactive ketones (excluding diaryl/α,β-unsaturated/α-hetero) is 2. The van der Waals surface area contributed by atoms with Gasteiger partial charge in [0, 0.05) is 149 Å². The van der Waals surface area contributed by atoms with Crippen molar-refractivity contribution in [2.24, 2.45) is 0 Å². The first-order valence-corrected chi connectivity index (χ1v) is 25.3. The van der Waals surface area contributed by atoms with Crippen molar-refractivity contribution in [3.63, 3.8) is 0 Å². The summed E-state index contributed by atoms with van der Waals surface area (Å²) in [5.41, 5.74) is 13.8. The maximum Gasteiger partial charge on any atom is 0.254 e. The maximum absolute atomic E-state index is 12.4. The summed E-state index contributed by atoms with van der Waals surface area (Å²) in [5.74, 6) is 1.74. The fourth-order valence-corrected chi connectivity index (χ4v) is 11.6. The number of hydrogen-bond acceptors (Lipinski definition) is 7. The van der Waals surface area contributed by atoms with Crippen LogP contribution in [0.4, 0.5) is 0 Å². The number of benzene rings is 6. The van der Waals surface area contributed by atoms with Gasteiger partial charge in [0.05, 0.1) is 30.8 Å². The molecule has 0 fully saturated rings. The Morgan fingerprint density at radius 1 is 0.466 bits per heavy atom. The van der Waals surface area contributed by atoms with E-state index >= 15 is 0 Å². The molecular weight excluding hydrogens is 917 g/mol. The molecule has 0 spiro atoms. The number of hydrogen-bond donors (Lipinski definition) is 0. The summed E-state index contributed by atoms with van der Waals surface area (Å²) in [4.78, 5) is 66.3. The average Bonchev–Trinajstić information content (AvgIpc) is 4.20. The molecule has 12 rings (SSSR count). The Morgan fingerprint density at radius 2 is 0.890 bits per heavy atom. The van der Waals surface area contributed by atoms with Crippen molar-refractivity contribution in [2.45, 2.75) is 93.1 Å². The first kappa shape index (κ1) is 48.7. The second kappa shape index (κ2) is 18.9. The summed E-state index contributed by atoms with van der Waals surface area (Å²) < 4.78 is 17.8. The highest BCUT2D eigenvalue weighted by molar-refractivity contribution is 6.18. The van der Waals surface area contributed by atoms with Gasteiger partial charge in [0.15, 0.2) is 11.6 Å². The maximum atomic E-state index is 12.4. The van der Waals surface area contributed by atoms with Crippen molar-refractivity contribution < 1.29 is 33.4 Å². The highest BCUT2D eigenvalue weighted by Crippen LogP contribution is 2.42. The quantitative estimate of drug-likeness (QED) is 0.125. The first-order valence-electron chi connectivity index (χ1n) is 25.3. The van der Waals surface area contributed by atoms with Crippen LogP contribution in [-0.2, 0) is 39.3 Å². The third-order valence-electron chi connectivity index (χ3n) is 15.0. The highest BCUT2D eigenvalue weighted by atomic mass is 16.5. The summed E-state index contributed by atoms with van der Waals surface area (Å²) in [6.45, 7) is 14.3. The summed E-state index contributed by atoms with van der Waals surface area (Å²) in [5, 5.41) is 6.71. The van der Waals surface area contributed by atoms with E-state index in [-0.39, 0.29) is 29.3 Å². The Balaban J connectivity index is 0.000000126. The van der Waals surface area contributed by atoms with Crippen molar-refractivity contribution in [3.8, 4) is 11.5 Å². The molecular formula is C60H62N6O7. The van der Waals surface area contributed by atoms with Gasteiger partial charge in [0.2, 0.25) is 0 Å². The molecule has 0 aliphatic carbocycles. The van der Waals surface area contributed by atoms with Gasteiger partial charge < -0.3 is 37.9 Å². The molecule has 3 aliphatic heterocycles. The van der Waals surface area contributed by atoms with Gasteiger partial charge in [-0.25, -0.2) is 0 Å². The van der Waals surface area contributed by atoms with Crippen molar-refractivity contribution >= 4 is 94.7 Å². The Kier molecular flexibility index (Phi) is 12.6. The molecule has 73 heavy (non-hydrogen) atoms. The van der Waals surface area contributed by atoms with Crippen LogP contribution >= 0.6 is 0 Å². The predicted molar refractivity (Wildman–Crippen MR) is 290 cm³/mol. The number of carbonyl (C=O) groups is 5. The summed E-state index contributed by atoms with van der Waals surface area (Å²) >= 11 is 0. The molecule has 0 saturated heterocycles. The van der Waals surface area contributed by atoms with Gasteiger partial charge in [-0.3, -0.25) is 24.0 Å². The van der Waals surface area contributed by atoms with Gasteiger partial charge in [0.25, 0.3) is 17.7 Å². The number of aromatic nitrogens is 3. The lowest BCUT2D eigenvalue weighted by molar-refractivity contribution is 0.0809. The van der Waals surface area contributed by atoms with Gasteiger partial charge in [-0.15, -0.1) is 0 Å². The van der Waals surface area contributed by atoms with E-state index in [1.54, 1.807) is 42.8 Å². The first-order chi connectivity index (χ1) is 35.1. The van der Waals surface area contributed by atoms with Crippen LogP contribution in [0.5, 0.6) is 11.5 Å². The third kappa shape index (κ3) is 7.78. The number of aryl methyl sites for hydroxylation is 3. The zero-order chi connectivity index (χ0) is 51.7. The molecule has 6 aromatic carbocycles. The van der Waals surface area contributed by atoms with Crippen LogP contribution in [0.2, 0.25) is 0 Å². The predicted octanol–water partition coefficient (Wildman–Crippen LogP) is 11.8. The van der Waals surface area contributed by atoms with Crippen LogP contribution in [0.3, 0.4) is 0 Å². The molecule has 3 aromatic heterocycles. The summed E-state index contributed by atoms with van der Waals surface area (Å²) in [6, 6.07) is 28.0. The number of ether oxygens (including phenoxy) is 2. The molecule has 0 N–H and O–H groups in total. The standard InChI is InChI=1S/C21H22N2O3.C20H20N2O2.C19H20N2O2/c1-5-8-23-17-7-6-13-16(11-22(3)21(13)25)20(17)15-9-14(12(2)24)19(26-4)10-18(15)23;1-4-9-22-17-7-5-13(12(2)23)10-15(17)19-16-11-21(3)20(24)14(16)6-8-18(19)22;1-4-9-21-16-8-7-13-15(11-20(2)19(13)22)18(16)14-6-5-12(23-3)10-17(14)21/h6-7,9-10H,5,8,11H2,1-4H3;5-8,10H,4,9,11H2,1-3H3;5-8,10H,4,9,11H2,1-3H3. The summed E-state index contributed by atoms with van der Waals surface area (Å²) in [6.07, 6.45) is 3.08. The Bertz CT molecular complexity index is 3820. The molecule has 13 heteroatoms. The minimum Gasteiger partial charge on any atom is -0.497 e. The van der Waals surface area contributed by atoms with Crippen LogP contribution in [-0.4, -0.2) is 93.1 Å². The number of methoxy groups -OCH3 is 2. The SMILES string of the molecule is CCCn1c2cc(OC)c(C(C)=O)cc2c2c3c(ccc21)C(=O)N(C)C3.CCCn1c2cc(OC)ccc2c2c3c(ccc21)C(=O)N(C)C3.CCCn1c2ccc(C(C)=O)cc2c2c3c(ccc21)C(=O)N(C)C3. The lowest BCUT2D eigenvalue weighted by atomic mass is 10.0.